The first-order valence-electron chi connectivity index (χ1n) is 9.92. The summed E-state index contributed by atoms with van der Waals surface area (Å²) in [5, 5.41) is 2.88. The fraction of sp³-hybridized carbons (Fsp3) is 0.476. The molecule has 8 heteroatoms. The van der Waals surface area contributed by atoms with Crippen LogP contribution in [0.1, 0.15) is 17.3 Å². The molecule has 0 aliphatic carbocycles. The highest BCUT2D eigenvalue weighted by Crippen LogP contribution is 2.25. The summed E-state index contributed by atoms with van der Waals surface area (Å²) in [5.41, 5.74) is 1.37. The third kappa shape index (κ3) is 5.21. The van der Waals surface area contributed by atoms with Crippen LogP contribution in [0.3, 0.4) is 0 Å². The van der Waals surface area contributed by atoms with E-state index in [0.717, 1.165) is 44.0 Å². The summed E-state index contributed by atoms with van der Waals surface area (Å²) in [6.07, 6.45) is 1.62. The number of nitrogens with one attached hydrogen (secondary N) is 1. The lowest BCUT2D eigenvalue weighted by atomic mass is 10.2. The molecule has 1 aliphatic heterocycles. The van der Waals surface area contributed by atoms with Crippen LogP contribution in [0, 0.1) is 0 Å². The zero-order chi connectivity index (χ0) is 20.6. The van der Waals surface area contributed by atoms with Crippen LogP contribution in [0.2, 0.25) is 0 Å². The van der Waals surface area contributed by atoms with Gasteiger partial charge in [-0.15, -0.1) is 0 Å². The summed E-state index contributed by atoms with van der Waals surface area (Å²) in [4.78, 5) is 26.5. The molecule has 8 nitrogen and oxygen atoms in total. The van der Waals surface area contributed by atoms with Crippen molar-refractivity contribution < 1.29 is 14.3 Å². The lowest BCUT2D eigenvalue weighted by molar-refractivity contribution is 0.0936. The third-order valence-electron chi connectivity index (χ3n) is 5.07. The monoisotopic (exact) mass is 399 g/mol. The Bertz CT molecular complexity index is 804. The van der Waals surface area contributed by atoms with Crippen molar-refractivity contribution in [2.75, 3.05) is 65.0 Å². The highest BCUT2D eigenvalue weighted by molar-refractivity contribution is 5.99. The number of ether oxygens (including phenoxy) is 2. The first-order chi connectivity index (χ1) is 14.2. The van der Waals surface area contributed by atoms with Gasteiger partial charge in [-0.2, -0.15) is 0 Å². The van der Waals surface area contributed by atoms with Crippen LogP contribution in [-0.4, -0.2) is 80.9 Å². The van der Waals surface area contributed by atoms with Gasteiger partial charge in [-0.05, 0) is 30.8 Å². The van der Waals surface area contributed by atoms with Crippen molar-refractivity contribution >= 4 is 11.7 Å². The Kier molecular flexibility index (Phi) is 7.37. The molecule has 2 aromatic rings. The Morgan fingerprint density at radius 2 is 1.86 bits per heavy atom. The van der Waals surface area contributed by atoms with Crippen molar-refractivity contribution in [3.63, 3.8) is 0 Å². The van der Waals surface area contributed by atoms with Crippen LogP contribution in [0.25, 0.3) is 11.4 Å². The molecule has 1 aromatic heterocycles. The van der Waals surface area contributed by atoms with E-state index in [1.807, 2.05) is 24.3 Å². The molecule has 3 rings (SSSR count). The van der Waals surface area contributed by atoms with Gasteiger partial charge in [-0.25, -0.2) is 9.97 Å². The molecule has 0 spiro atoms. The maximum atomic E-state index is 12.7. The molecule has 0 bridgehead atoms. The summed E-state index contributed by atoms with van der Waals surface area (Å²) in [6.45, 7) is 7.64. The van der Waals surface area contributed by atoms with Gasteiger partial charge in [0.1, 0.15) is 17.1 Å². The number of amides is 1. The number of hydrogen-bond acceptors (Lipinski definition) is 7. The van der Waals surface area contributed by atoms with Crippen LogP contribution in [0.15, 0.2) is 30.5 Å². The average Bonchev–Trinajstić information content (AvgIpc) is 2.79. The fourth-order valence-electron chi connectivity index (χ4n) is 3.29. The number of likely N-dealkylation sites (N-methyl/N-ethyl adjacent to an activating group) is 1. The number of carbonyl (C=O) groups excluding carboxylic acids is 1. The molecule has 1 N–H and O–H groups in total. The second-order valence-corrected chi connectivity index (χ2v) is 6.83. The van der Waals surface area contributed by atoms with Gasteiger partial charge >= 0.3 is 0 Å². The van der Waals surface area contributed by atoms with E-state index in [4.69, 9.17) is 14.5 Å². The van der Waals surface area contributed by atoms with Gasteiger partial charge in [-0.1, -0.05) is 6.92 Å². The van der Waals surface area contributed by atoms with Crippen molar-refractivity contribution in [1.29, 1.82) is 0 Å². The zero-order valence-corrected chi connectivity index (χ0v) is 17.4. The van der Waals surface area contributed by atoms with Gasteiger partial charge < -0.3 is 24.6 Å². The number of carbonyl (C=O) groups is 1. The Morgan fingerprint density at radius 1 is 1.14 bits per heavy atom. The molecule has 0 radical (unpaired) electrons. The van der Waals surface area contributed by atoms with Gasteiger partial charge in [0.05, 0.1) is 13.7 Å². The van der Waals surface area contributed by atoms with Gasteiger partial charge in [0.2, 0.25) is 0 Å². The standard InChI is InChI=1S/C21H29N5O3/c1-4-25-10-12-26(13-11-25)20-18(21(27)22-9-14-28-2)15-23-19(24-20)16-5-7-17(29-3)8-6-16/h5-8,15H,4,9-14H2,1-3H3,(H,22,27). The highest BCUT2D eigenvalue weighted by atomic mass is 16.5. The van der Waals surface area contributed by atoms with Gasteiger partial charge in [0.25, 0.3) is 5.91 Å². The van der Waals surface area contributed by atoms with Crippen molar-refractivity contribution in [3.8, 4) is 17.1 Å². The summed E-state index contributed by atoms with van der Waals surface area (Å²) in [7, 11) is 3.24. The van der Waals surface area contributed by atoms with Crippen LogP contribution >= 0.6 is 0 Å². The number of piperazine rings is 1. The minimum Gasteiger partial charge on any atom is -0.497 e. The first kappa shape index (κ1) is 21.0. The van der Waals surface area contributed by atoms with Gasteiger partial charge in [-0.3, -0.25) is 4.79 Å². The smallest absolute Gasteiger partial charge is 0.256 e. The van der Waals surface area contributed by atoms with Gasteiger partial charge in [0.15, 0.2) is 5.82 Å². The number of benzene rings is 1. The quantitative estimate of drug-likeness (QED) is 0.677. The molecule has 1 saturated heterocycles. The summed E-state index contributed by atoms with van der Waals surface area (Å²) < 4.78 is 10.2. The topological polar surface area (TPSA) is 79.8 Å². The maximum absolute atomic E-state index is 12.7. The molecule has 1 aliphatic rings. The van der Waals surface area contributed by atoms with E-state index in [-0.39, 0.29) is 5.91 Å². The molecule has 0 atom stereocenters. The van der Waals surface area contributed by atoms with Crippen LogP contribution in [-0.2, 0) is 4.74 Å². The van der Waals surface area contributed by atoms with E-state index in [1.165, 1.54) is 0 Å². The Balaban J connectivity index is 1.89. The van der Waals surface area contributed by atoms with E-state index in [2.05, 4.69) is 27.0 Å². The normalized spacial score (nSPS) is 14.7. The predicted octanol–water partition coefficient (Wildman–Crippen LogP) is 1.67. The number of nitrogens with zero attached hydrogens (tertiary/aromatic N) is 4. The molecule has 0 unspecified atom stereocenters. The molecule has 2 heterocycles. The highest BCUT2D eigenvalue weighted by Gasteiger charge is 2.23. The molecular formula is C21H29N5O3. The number of methoxy groups -OCH3 is 2. The van der Waals surface area contributed by atoms with Crippen molar-refractivity contribution in [3.05, 3.63) is 36.0 Å². The number of anilines is 1. The van der Waals surface area contributed by atoms with Crippen LogP contribution in [0.5, 0.6) is 5.75 Å². The number of rotatable bonds is 8. The fourth-order valence-corrected chi connectivity index (χ4v) is 3.29. The molecule has 1 fully saturated rings. The van der Waals surface area contributed by atoms with Crippen molar-refractivity contribution in [2.24, 2.45) is 0 Å². The van der Waals surface area contributed by atoms with Gasteiger partial charge in [0, 0.05) is 51.6 Å². The Labute approximate surface area is 171 Å². The predicted molar refractivity (Wildman–Crippen MR) is 113 cm³/mol. The van der Waals surface area contributed by atoms with E-state index in [0.29, 0.717) is 30.4 Å². The van der Waals surface area contributed by atoms with Crippen LogP contribution in [0.4, 0.5) is 5.82 Å². The summed E-state index contributed by atoms with van der Waals surface area (Å²) in [5.74, 6) is 1.86. The molecule has 29 heavy (non-hydrogen) atoms. The summed E-state index contributed by atoms with van der Waals surface area (Å²) in [6, 6.07) is 7.60. The molecule has 1 amide bonds. The Morgan fingerprint density at radius 3 is 2.48 bits per heavy atom. The second kappa shape index (κ2) is 10.2. The SMILES string of the molecule is CCN1CCN(c2nc(-c3ccc(OC)cc3)ncc2C(=O)NCCOC)CC1. The largest absolute Gasteiger partial charge is 0.497 e. The van der Waals surface area contributed by atoms with E-state index < -0.39 is 0 Å². The second-order valence-electron chi connectivity index (χ2n) is 6.83. The minimum atomic E-state index is -0.184. The Hall–Kier alpha value is -2.71. The number of aromatic nitrogens is 2. The first-order valence-corrected chi connectivity index (χ1v) is 9.92. The lowest BCUT2D eigenvalue weighted by Crippen LogP contribution is -2.47. The maximum Gasteiger partial charge on any atom is 0.256 e. The number of hydrogen-bond donors (Lipinski definition) is 1. The van der Waals surface area contributed by atoms with E-state index >= 15 is 0 Å². The van der Waals surface area contributed by atoms with Crippen LogP contribution < -0.4 is 15.0 Å². The third-order valence-corrected chi connectivity index (χ3v) is 5.07. The van der Waals surface area contributed by atoms with E-state index in [9.17, 15) is 4.79 Å². The summed E-state index contributed by atoms with van der Waals surface area (Å²) >= 11 is 0. The zero-order valence-electron chi connectivity index (χ0n) is 17.4. The van der Waals surface area contributed by atoms with Crippen molar-refractivity contribution in [1.82, 2.24) is 20.2 Å². The molecule has 0 saturated carbocycles. The molecule has 156 valence electrons. The average molecular weight is 399 g/mol. The van der Waals surface area contributed by atoms with Crippen molar-refractivity contribution in [2.45, 2.75) is 6.92 Å². The minimum absolute atomic E-state index is 0.184. The molecular weight excluding hydrogens is 370 g/mol. The molecule has 1 aromatic carbocycles. The van der Waals surface area contributed by atoms with E-state index in [1.54, 1.807) is 20.4 Å². The lowest BCUT2D eigenvalue weighted by Gasteiger charge is -2.35.